The van der Waals surface area contributed by atoms with Crippen LogP contribution in [0.25, 0.3) is 22.2 Å². The molecule has 0 radical (unpaired) electrons. The first kappa shape index (κ1) is 20.2. The third-order valence-electron chi connectivity index (χ3n) is 5.22. The van der Waals surface area contributed by atoms with E-state index in [1.807, 2.05) is 50.2 Å². The van der Waals surface area contributed by atoms with Crippen molar-refractivity contribution in [1.29, 1.82) is 0 Å². The van der Waals surface area contributed by atoms with E-state index in [4.69, 9.17) is 4.98 Å². The van der Waals surface area contributed by atoms with Crippen LogP contribution in [0, 0.1) is 30.9 Å². The predicted molar refractivity (Wildman–Crippen MR) is 122 cm³/mol. The summed E-state index contributed by atoms with van der Waals surface area (Å²) in [6, 6.07) is 19.9. The average Bonchev–Trinajstić information content (AvgIpc) is 2.74. The van der Waals surface area contributed by atoms with Crippen LogP contribution in [0.4, 0.5) is 11.4 Å². The van der Waals surface area contributed by atoms with E-state index in [0.717, 1.165) is 22.3 Å². The summed E-state index contributed by atoms with van der Waals surface area (Å²) in [6.07, 6.45) is 0. The Balaban J connectivity index is 1.83. The fourth-order valence-corrected chi connectivity index (χ4v) is 3.69. The third kappa shape index (κ3) is 4.00. The Labute approximate surface area is 179 Å². The van der Waals surface area contributed by atoms with Gasteiger partial charge in [-0.15, -0.1) is 0 Å². The Bertz CT molecular complexity index is 1350. The fourth-order valence-electron chi connectivity index (χ4n) is 3.69. The highest BCUT2D eigenvalue weighted by Gasteiger charge is 2.19. The summed E-state index contributed by atoms with van der Waals surface area (Å²) in [4.78, 5) is 29.0. The van der Waals surface area contributed by atoms with Gasteiger partial charge in [-0.05, 0) is 50.1 Å². The normalized spacial score (nSPS) is 10.8. The van der Waals surface area contributed by atoms with Gasteiger partial charge in [-0.2, -0.15) is 0 Å². The lowest BCUT2D eigenvalue weighted by Crippen LogP contribution is -2.14. The molecule has 0 aliphatic heterocycles. The molecule has 3 aromatic carbocycles. The number of aromatic nitrogens is 1. The smallest absolute Gasteiger partial charge is 0.293 e. The molecule has 0 spiro atoms. The molecule has 0 saturated heterocycles. The molecule has 0 aliphatic rings. The first-order valence-electron chi connectivity index (χ1n) is 9.87. The maximum Gasteiger partial charge on any atom is 0.293 e. The first-order valence-corrected chi connectivity index (χ1v) is 9.87. The zero-order chi connectivity index (χ0) is 22.1. The van der Waals surface area contributed by atoms with Gasteiger partial charge in [0, 0.05) is 17.0 Å². The first-order chi connectivity index (χ1) is 14.8. The molecule has 154 valence electrons. The summed E-state index contributed by atoms with van der Waals surface area (Å²) in [7, 11) is 0. The van der Waals surface area contributed by atoms with E-state index in [0.29, 0.717) is 22.2 Å². The fraction of sp³-hybridized carbons (Fsp3) is 0.120. The second-order valence-corrected chi connectivity index (χ2v) is 7.62. The molecule has 1 N–H and O–H groups in total. The molecule has 0 saturated carbocycles. The number of anilines is 1. The van der Waals surface area contributed by atoms with Gasteiger partial charge in [0.05, 0.1) is 21.7 Å². The van der Waals surface area contributed by atoms with Crippen molar-refractivity contribution in [3.05, 3.63) is 99.1 Å². The molecule has 4 aromatic rings. The highest BCUT2D eigenvalue weighted by molar-refractivity contribution is 6.13. The molecule has 1 amide bonds. The van der Waals surface area contributed by atoms with Gasteiger partial charge in [-0.3, -0.25) is 14.9 Å². The molecule has 0 bridgehead atoms. The number of amides is 1. The standard InChI is InChI=1S/C25H21N3O3/c1-15-8-10-18(17(3)12-15)23-14-20(19-6-4-5-7-21(19)26-23)25(29)27-22-11-9-16(2)13-24(22)28(30)31/h4-14H,1-3H3,(H,27,29). The highest BCUT2D eigenvalue weighted by atomic mass is 16.6. The number of carbonyl (C=O) groups excluding carboxylic acids is 1. The molecule has 31 heavy (non-hydrogen) atoms. The lowest BCUT2D eigenvalue weighted by Gasteiger charge is -2.12. The second-order valence-electron chi connectivity index (χ2n) is 7.62. The number of nitro groups is 1. The summed E-state index contributed by atoms with van der Waals surface area (Å²) in [5.74, 6) is -0.420. The van der Waals surface area contributed by atoms with E-state index in [1.165, 1.54) is 6.07 Å². The number of hydrogen-bond donors (Lipinski definition) is 1. The third-order valence-corrected chi connectivity index (χ3v) is 5.22. The number of carbonyl (C=O) groups is 1. The summed E-state index contributed by atoms with van der Waals surface area (Å²) in [6.45, 7) is 5.80. The summed E-state index contributed by atoms with van der Waals surface area (Å²) < 4.78 is 0. The molecule has 1 aromatic heterocycles. The van der Waals surface area contributed by atoms with Crippen molar-refractivity contribution in [2.45, 2.75) is 20.8 Å². The quantitative estimate of drug-likeness (QED) is 0.330. The Kier molecular flexibility index (Phi) is 5.21. The number of nitro benzene ring substituents is 1. The number of rotatable bonds is 4. The van der Waals surface area contributed by atoms with Crippen LogP contribution in [0.1, 0.15) is 27.0 Å². The van der Waals surface area contributed by atoms with Crippen LogP contribution in [0.5, 0.6) is 0 Å². The van der Waals surface area contributed by atoms with Crippen LogP contribution in [-0.4, -0.2) is 15.8 Å². The monoisotopic (exact) mass is 411 g/mol. The summed E-state index contributed by atoms with van der Waals surface area (Å²) in [5, 5.41) is 14.9. The molecule has 6 heteroatoms. The van der Waals surface area contributed by atoms with E-state index in [-0.39, 0.29) is 11.4 Å². The largest absolute Gasteiger partial charge is 0.316 e. The van der Waals surface area contributed by atoms with Crippen molar-refractivity contribution < 1.29 is 9.72 Å². The maximum atomic E-state index is 13.2. The van der Waals surface area contributed by atoms with Crippen LogP contribution >= 0.6 is 0 Å². The number of aryl methyl sites for hydroxylation is 3. The van der Waals surface area contributed by atoms with Gasteiger partial charge in [0.1, 0.15) is 5.69 Å². The SMILES string of the molecule is Cc1ccc(-c2cc(C(=O)Nc3ccc(C)cc3[N+](=O)[O-])c3ccccc3n2)c(C)c1. The van der Waals surface area contributed by atoms with Gasteiger partial charge in [-0.25, -0.2) is 4.98 Å². The molecule has 4 rings (SSSR count). The molecule has 1 heterocycles. The van der Waals surface area contributed by atoms with Crippen molar-refractivity contribution in [3.8, 4) is 11.3 Å². The van der Waals surface area contributed by atoms with Gasteiger partial charge in [0.2, 0.25) is 0 Å². The zero-order valence-electron chi connectivity index (χ0n) is 17.5. The van der Waals surface area contributed by atoms with E-state index in [2.05, 4.69) is 11.4 Å². The van der Waals surface area contributed by atoms with Crippen LogP contribution in [0.15, 0.2) is 66.7 Å². The van der Waals surface area contributed by atoms with Crippen molar-refractivity contribution in [1.82, 2.24) is 4.98 Å². The molecular formula is C25H21N3O3. The van der Waals surface area contributed by atoms with E-state index in [1.54, 1.807) is 25.1 Å². The van der Waals surface area contributed by atoms with Crippen molar-refractivity contribution in [2.24, 2.45) is 0 Å². The second kappa shape index (κ2) is 7.99. The molecule has 6 nitrogen and oxygen atoms in total. The molecule has 0 atom stereocenters. The van der Waals surface area contributed by atoms with Crippen LogP contribution in [0.3, 0.4) is 0 Å². The molecular weight excluding hydrogens is 390 g/mol. The van der Waals surface area contributed by atoms with Crippen molar-refractivity contribution in [3.63, 3.8) is 0 Å². The minimum Gasteiger partial charge on any atom is -0.316 e. The number of hydrogen-bond acceptors (Lipinski definition) is 4. The lowest BCUT2D eigenvalue weighted by atomic mass is 9.99. The van der Waals surface area contributed by atoms with E-state index >= 15 is 0 Å². The van der Waals surface area contributed by atoms with Crippen LogP contribution < -0.4 is 5.32 Å². The number of pyridine rings is 1. The topological polar surface area (TPSA) is 85.1 Å². The zero-order valence-corrected chi connectivity index (χ0v) is 17.5. The molecule has 0 fully saturated rings. The Morgan fingerprint density at radius 1 is 0.935 bits per heavy atom. The van der Waals surface area contributed by atoms with Gasteiger partial charge in [-0.1, -0.05) is 48.0 Å². The highest BCUT2D eigenvalue weighted by Crippen LogP contribution is 2.30. The minimum absolute atomic E-state index is 0.138. The Morgan fingerprint density at radius 2 is 1.65 bits per heavy atom. The predicted octanol–water partition coefficient (Wildman–Crippen LogP) is 5.99. The average molecular weight is 411 g/mol. The van der Waals surface area contributed by atoms with E-state index < -0.39 is 10.8 Å². The van der Waals surface area contributed by atoms with E-state index in [9.17, 15) is 14.9 Å². The summed E-state index contributed by atoms with van der Waals surface area (Å²) in [5.41, 5.74) is 5.69. The maximum absolute atomic E-state index is 13.2. The molecule has 0 aliphatic carbocycles. The molecule has 0 unspecified atom stereocenters. The van der Waals surface area contributed by atoms with Crippen molar-refractivity contribution >= 4 is 28.2 Å². The lowest BCUT2D eigenvalue weighted by molar-refractivity contribution is -0.384. The number of nitrogens with one attached hydrogen (secondary N) is 1. The van der Waals surface area contributed by atoms with Gasteiger partial charge in [0.15, 0.2) is 0 Å². The van der Waals surface area contributed by atoms with Crippen LogP contribution in [-0.2, 0) is 0 Å². The van der Waals surface area contributed by atoms with Crippen LogP contribution in [0.2, 0.25) is 0 Å². The minimum atomic E-state index is -0.492. The Hall–Kier alpha value is -4.06. The number of fused-ring (bicyclic) bond motifs is 1. The van der Waals surface area contributed by atoms with Crippen molar-refractivity contribution in [2.75, 3.05) is 5.32 Å². The number of benzene rings is 3. The van der Waals surface area contributed by atoms with Gasteiger partial charge in [0.25, 0.3) is 11.6 Å². The van der Waals surface area contributed by atoms with Gasteiger partial charge >= 0.3 is 0 Å². The number of nitrogens with zero attached hydrogens (tertiary/aromatic N) is 2. The van der Waals surface area contributed by atoms with Gasteiger partial charge < -0.3 is 5.32 Å². The summed E-state index contributed by atoms with van der Waals surface area (Å²) >= 11 is 0. The number of para-hydroxylation sites is 1. The Morgan fingerprint density at radius 3 is 2.39 bits per heavy atom.